The molecule has 1 amide bonds. The summed E-state index contributed by atoms with van der Waals surface area (Å²) in [5.74, 6) is 1.87. The molecule has 2 aromatic carbocycles. The Morgan fingerprint density at radius 2 is 1.65 bits per heavy atom. The molecular formula is C32H38FN7O3. The van der Waals surface area contributed by atoms with Crippen molar-refractivity contribution in [1.82, 2.24) is 29.5 Å². The number of aromatic nitrogens is 4. The number of hydrogen-bond acceptors (Lipinski definition) is 8. The molecule has 2 aliphatic heterocycles. The van der Waals surface area contributed by atoms with Gasteiger partial charge in [-0.25, -0.2) is 23.8 Å². The summed E-state index contributed by atoms with van der Waals surface area (Å²) >= 11 is 0. The Hall–Kier alpha value is -4.25. The van der Waals surface area contributed by atoms with E-state index < -0.39 is 17.9 Å². The molecule has 2 aliphatic rings. The second-order valence-corrected chi connectivity index (χ2v) is 12.3. The van der Waals surface area contributed by atoms with Crippen molar-refractivity contribution in [2.24, 2.45) is 0 Å². The van der Waals surface area contributed by atoms with E-state index in [0.717, 1.165) is 54.1 Å². The maximum Gasteiger partial charge on any atom is 0.410 e. The number of alkyl halides is 1. The summed E-state index contributed by atoms with van der Waals surface area (Å²) in [6, 6.07) is 17.2. The zero-order valence-electron chi connectivity index (χ0n) is 24.8. The molecule has 0 spiro atoms. The lowest BCUT2D eigenvalue weighted by atomic mass is 9.97. The highest BCUT2D eigenvalue weighted by molar-refractivity contribution is 5.98. The first-order valence-electron chi connectivity index (χ1n) is 14.8. The smallest absolute Gasteiger partial charge is 0.410 e. The lowest BCUT2D eigenvalue weighted by Gasteiger charge is -2.43. The van der Waals surface area contributed by atoms with Crippen molar-refractivity contribution < 1.29 is 18.7 Å². The largest absolute Gasteiger partial charge is 0.457 e. The Labute approximate surface area is 250 Å². The molecule has 4 heterocycles. The van der Waals surface area contributed by atoms with Gasteiger partial charge in [-0.05, 0) is 76.4 Å². The van der Waals surface area contributed by atoms with E-state index in [1.54, 1.807) is 0 Å². The van der Waals surface area contributed by atoms with E-state index in [4.69, 9.17) is 20.3 Å². The zero-order valence-corrected chi connectivity index (χ0v) is 24.8. The first kappa shape index (κ1) is 28.9. The van der Waals surface area contributed by atoms with Crippen LogP contribution in [0.15, 0.2) is 60.9 Å². The van der Waals surface area contributed by atoms with Crippen LogP contribution in [0.5, 0.6) is 11.5 Å². The molecule has 0 bridgehead atoms. The Morgan fingerprint density at radius 1 is 0.953 bits per heavy atom. The Morgan fingerprint density at radius 3 is 2.33 bits per heavy atom. The molecule has 0 aliphatic carbocycles. The number of nitrogens with two attached hydrogens (primary N) is 1. The van der Waals surface area contributed by atoms with Gasteiger partial charge in [-0.15, -0.1) is 0 Å². The average molecular weight is 588 g/mol. The van der Waals surface area contributed by atoms with Crippen molar-refractivity contribution in [2.75, 3.05) is 31.9 Å². The van der Waals surface area contributed by atoms with Crippen molar-refractivity contribution in [3.8, 4) is 22.8 Å². The van der Waals surface area contributed by atoms with Gasteiger partial charge in [-0.2, -0.15) is 5.10 Å². The molecule has 2 fully saturated rings. The fourth-order valence-corrected chi connectivity index (χ4v) is 6.02. The van der Waals surface area contributed by atoms with E-state index in [-0.39, 0.29) is 18.6 Å². The van der Waals surface area contributed by atoms with Crippen LogP contribution in [0.1, 0.15) is 46.1 Å². The van der Waals surface area contributed by atoms with Crippen LogP contribution in [0.4, 0.5) is 15.0 Å². The van der Waals surface area contributed by atoms with Gasteiger partial charge in [0.15, 0.2) is 5.65 Å². The van der Waals surface area contributed by atoms with Crippen LogP contribution in [0.2, 0.25) is 0 Å². The SMILES string of the molecule is CC(C)(C)OC(=O)N1CCC(N2CCC(n3nc(-c4ccc(Oc5ccccc5)cc4)c4c(N)ncnc43)CC2)C(F)C1. The zero-order chi connectivity index (χ0) is 30.1. The van der Waals surface area contributed by atoms with Crippen LogP contribution in [0.25, 0.3) is 22.3 Å². The van der Waals surface area contributed by atoms with Gasteiger partial charge in [0, 0.05) is 31.2 Å². The number of para-hydroxylation sites is 1. The van der Waals surface area contributed by atoms with Gasteiger partial charge in [0.05, 0.1) is 18.0 Å². The predicted octanol–water partition coefficient (Wildman–Crippen LogP) is 5.85. The number of hydrogen-bond donors (Lipinski definition) is 1. The number of nitrogen functional groups attached to an aromatic ring is 1. The third kappa shape index (κ3) is 6.27. The second-order valence-electron chi connectivity index (χ2n) is 12.3. The quantitative estimate of drug-likeness (QED) is 0.309. The average Bonchev–Trinajstić information content (AvgIpc) is 3.38. The van der Waals surface area contributed by atoms with E-state index in [0.29, 0.717) is 24.4 Å². The summed E-state index contributed by atoms with van der Waals surface area (Å²) in [6.45, 7) is 7.45. The highest BCUT2D eigenvalue weighted by atomic mass is 19.1. The highest BCUT2D eigenvalue weighted by Crippen LogP contribution is 2.36. The molecule has 226 valence electrons. The van der Waals surface area contributed by atoms with Crippen molar-refractivity contribution >= 4 is 22.9 Å². The van der Waals surface area contributed by atoms with Gasteiger partial charge in [0.1, 0.15) is 41.1 Å². The van der Waals surface area contributed by atoms with E-state index in [9.17, 15) is 4.79 Å². The van der Waals surface area contributed by atoms with Crippen LogP contribution in [-0.4, -0.2) is 79.6 Å². The molecule has 43 heavy (non-hydrogen) atoms. The number of likely N-dealkylation sites (tertiary alicyclic amines) is 2. The molecule has 2 aromatic heterocycles. The summed E-state index contributed by atoms with van der Waals surface area (Å²) in [5.41, 5.74) is 8.06. The van der Waals surface area contributed by atoms with Crippen LogP contribution in [0, 0.1) is 0 Å². The Kier molecular flexibility index (Phi) is 7.91. The van der Waals surface area contributed by atoms with E-state index in [1.807, 2.05) is 80.1 Å². The van der Waals surface area contributed by atoms with Crippen LogP contribution in [0.3, 0.4) is 0 Å². The number of piperidine rings is 2. The third-order valence-electron chi connectivity index (χ3n) is 8.10. The lowest BCUT2D eigenvalue weighted by molar-refractivity contribution is -0.0107. The molecule has 11 heteroatoms. The van der Waals surface area contributed by atoms with Crippen LogP contribution in [-0.2, 0) is 4.74 Å². The number of nitrogens with zero attached hydrogens (tertiary/aromatic N) is 6. The lowest BCUT2D eigenvalue weighted by Crippen LogP contribution is -2.56. The number of anilines is 1. The van der Waals surface area contributed by atoms with E-state index in [2.05, 4.69) is 14.9 Å². The molecule has 6 rings (SSSR count). The summed E-state index contributed by atoms with van der Waals surface area (Å²) in [5, 5.41) is 5.73. The molecule has 0 saturated carbocycles. The van der Waals surface area contributed by atoms with Crippen molar-refractivity contribution in [3.63, 3.8) is 0 Å². The molecule has 2 atom stereocenters. The molecule has 2 N–H and O–H groups in total. The van der Waals surface area contributed by atoms with Crippen LogP contribution < -0.4 is 10.5 Å². The third-order valence-corrected chi connectivity index (χ3v) is 8.10. The van der Waals surface area contributed by atoms with E-state index in [1.165, 1.54) is 11.2 Å². The molecule has 4 aromatic rings. The minimum absolute atomic E-state index is 0.0536. The fourth-order valence-electron chi connectivity index (χ4n) is 6.02. The predicted molar refractivity (Wildman–Crippen MR) is 163 cm³/mol. The maximum atomic E-state index is 15.3. The number of fused-ring (bicyclic) bond motifs is 1. The summed E-state index contributed by atoms with van der Waals surface area (Å²) in [4.78, 5) is 25.0. The van der Waals surface area contributed by atoms with E-state index >= 15 is 4.39 Å². The van der Waals surface area contributed by atoms with Gasteiger partial charge in [-0.1, -0.05) is 18.2 Å². The van der Waals surface area contributed by atoms with Gasteiger partial charge >= 0.3 is 6.09 Å². The number of amides is 1. The summed E-state index contributed by atoms with van der Waals surface area (Å²) in [7, 11) is 0. The molecule has 10 nitrogen and oxygen atoms in total. The molecular weight excluding hydrogens is 549 g/mol. The highest BCUT2D eigenvalue weighted by Gasteiger charge is 2.38. The summed E-state index contributed by atoms with van der Waals surface area (Å²) < 4.78 is 28.7. The normalized spacial score (nSPS) is 20.3. The number of halogens is 1. The van der Waals surface area contributed by atoms with Gasteiger partial charge < -0.3 is 20.1 Å². The molecule has 0 radical (unpaired) electrons. The van der Waals surface area contributed by atoms with Crippen LogP contribution >= 0.6 is 0 Å². The Balaban J connectivity index is 1.15. The Bertz CT molecular complexity index is 1560. The number of carbonyl (C=O) groups excluding carboxylic acids is 1. The molecule has 2 saturated heterocycles. The molecule has 2 unspecified atom stereocenters. The number of carbonyl (C=O) groups is 1. The first-order chi connectivity index (χ1) is 20.7. The van der Waals surface area contributed by atoms with Crippen molar-refractivity contribution in [1.29, 1.82) is 0 Å². The second kappa shape index (κ2) is 11.8. The minimum atomic E-state index is -1.13. The van der Waals surface area contributed by atoms with Gasteiger partial charge in [-0.3, -0.25) is 4.90 Å². The first-order valence-corrected chi connectivity index (χ1v) is 14.8. The maximum absolute atomic E-state index is 15.3. The van der Waals surface area contributed by atoms with Crippen molar-refractivity contribution in [3.05, 3.63) is 60.9 Å². The van der Waals surface area contributed by atoms with Gasteiger partial charge in [0.2, 0.25) is 0 Å². The number of rotatable bonds is 5. The monoisotopic (exact) mass is 587 g/mol. The standard InChI is InChI=1S/C32H38FN7O3/c1-32(2,3)43-31(41)39-18-15-26(25(33)19-39)38-16-13-22(14-17-38)40-30-27(29(34)35-20-36-30)28(37-40)21-9-11-24(12-10-21)42-23-7-5-4-6-8-23/h4-12,20,22,25-26H,13-19H2,1-3H3,(H2,34,35,36). The fraction of sp³-hybridized carbons (Fsp3) is 0.438. The number of benzene rings is 2. The minimum Gasteiger partial charge on any atom is -0.457 e. The van der Waals surface area contributed by atoms with Gasteiger partial charge in [0.25, 0.3) is 0 Å². The number of ether oxygens (including phenoxy) is 2. The van der Waals surface area contributed by atoms with Crippen molar-refractivity contribution in [2.45, 2.75) is 63.9 Å². The topological polar surface area (TPSA) is 112 Å². The summed E-state index contributed by atoms with van der Waals surface area (Å²) in [6.07, 6.45) is 2.06.